The maximum Gasteiger partial charge on any atom is 0.273 e. The molecule has 4 aromatic rings. The quantitative estimate of drug-likeness (QED) is 0.619. The van der Waals surface area contributed by atoms with Crippen LogP contribution in [0.15, 0.2) is 52.8 Å². The molecule has 0 fully saturated rings. The molecular weight excluding hydrogens is 296 g/mol. The van der Waals surface area contributed by atoms with Crippen molar-refractivity contribution in [1.82, 2.24) is 19.6 Å². The molecule has 0 atom stereocenters. The molecule has 0 saturated carbocycles. The third-order valence-corrected chi connectivity index (χ3v) is 4.31. The molecule has 3 heterocycles. The van der Waals surface area contributed by atoms with Gasteiger partial charge in [-0.25, -0.2) is 14.5 Å². The standard InChI is InChI=1S/C16H12N4OS/c1-10-14(11-5-3-2-4-6-11)15-18-12(16-17-7-8-22-16)9-13(21)20(15)19-10/h2-9,19H,1H3. The Morgan fingerprint density at radius 2 is 2.05 bits per heavy atom. The number of aromatic nitrogens is 4. The van der Waals surface area contributed by atoms with E-state index in [0.29, 0.717) is 11.3 Å². The molecule has 3 aromatic heterocycles. The van der Waals surface area contributed by atoms with E-state index in [1.807, 2.05) is 42.6 Å². The van der Waals surface area contributed by atoms with Gasteiger partial charge in [0.1, 0.15) is 10.7 Å². The first-order valence-corrected chi connectivity index (χ1v) is 7.69. The molecule has 4 rings (SSSR count). The van der Waals surface area contributed by atoms with Gasteiger partial charge < -0.3 is 0 Å². The van der Waals surface area contributed by atoms with Crippen molar-refractivity contribution in [3.05, 3.63) is 64.0 Å². The number of H-pyrrole nitrogens is 1. The molecule has 0 aliphatic rings. The van der Waals surface area contributed by atoms with E-state index >= 15 is 0 Å². The summed E-state index contributed by atoms with van der Waals surface area (Å²) in [6, 6.07) is 11.4. The predicted octanol–water partition coefficient (Wildman–Crippen LogP) is 3.12. The van der Waals surface area contributed by atoms with E-state index in [4.69, 9.17) is 0 Å². The number of fused-ring (bicyclic) bond motifs is 1. The molecule has 0 aliphatic carbocycles. The highest BCUT2D eigenvalue weighted by Gasteiger charge is 2.15. The van der Waals surface area contributed by atoms with Crippen molar-refractivity contribution in [2.45, 2.75) is 6.92 Å². The summed E-state index contributed by atoms with van der Waals surface area (Å²) in [4.78, 5) is 21.3. The zero-order valence-electron chi connectivity index (χ0n) is 11.8. The topological polar surface area (TPSA) is 63.0 Å². The van der Waals surface area contributed by atoms with E-state index in [1.54, 1.807) is 6.20 Å². The van der Waals surface area contributed by atoms with Crippen molar-refractivity contribution in [2.24, 2.45) is 0 Å². The van der Waals surface area contributed by atoms with Gasteiger partial charge in [0.15, 0.2) is 5.65 Å². The fourth-order valence-electron chi connectivity index (χ4n) is 2.56. The molecule has 0 aliphatic heterocycles. The monoisotopic (exact) mass is 308 g/mol. The van der Waals surface area contributed by atoms with Crippen LogP contribution >= 0.6 is 11.3 Å². The Bertz CT molecular complexity index is 1000. The van der Waals surface area contributed by atoms with Crippen LogP contribution in [0.4, 0.5) is 0 Å². The number of nitrogens with zero attached hydrogens (tertiary/aromatic N) is 3. The van der Waals surface area contributed by atoms with Gasteiger partial charge in [0.2, 0.25) is 0 Å². The number of aromatic amines is 1. The minimum atomic E-state index is -0.138. The van der Waals surface area contributed by atoms with Crippen LogP contribution in [-0.4, -0.2) is 19.6 Å². The smallest absolute Gasteiger partial charge is 0.273 e. The SMILES string of the molecule is Cc1[nH]n2c(=O)cc(-c3nccs3)nc2c1-c1ccccc1. The Kier molecular flexibility index (Phi) is 2.90. The van der Waals surface area contributed by atoms with Gasteiger partial charge in [0.25, 0.3) is 5.56 Å². The van der Waals surface area contributed by atoms with Crippen molar-refractivity contribution >= 4 is 17.0 Å². The molecule has 5 nitrogen and oxygen atoms in total. The molecule has 0 spiro atoms. The number of aryl methyl sites for hydroxylation is 1. The van der Waals surface area contributed by atoms with Crippen LogP contribution in [-0.2, 0) is 0 Å². The van der Waals surface area contributed by atoms with Crippen LogP contribution < -0.4 is 5.56 Å². The van der Waals surface area contributed by atoms with Crippen LogP contribution in [0.25, 0.3) is 27.5 Å². The van der Waals surface area contributed by atoms with Gasteiger partial charge in [-0.3, -0.25) is 9.89 Å². The fraction of sp³-hybridized carbons (Fsp3) is 0.0625. The van der Waals surface area contributed by atoms with Crippen LogP contribution in [0.1, 0.15) is 5.69 Å². The molecule has 0 amide bonds. The summed E-state index contributed by atoms with van der Waals surface area (Å²) in [7, 11) is 0. The summed E-state index contributed by atoms with van der Waals surface area (Å²) in [6.07, 6.45) is 1.71. The van der Waals surface area contributed by atoms with Crippen molar-refractivity contribution in [2.75, 3.05) is 0 Å². The third kappa shape index (κ3) is 1.96. The van der Waals surface area contributed by atoms with Gasteiger partial charge in [-0.05, 0) is 12.5 Å². The highest BCUT2D eigenvalue weighted by molar-refractivity contribution is 7.13. The zero-order chi connectivity index (χ0) is 15.1. The van der Waals surface area contributed by atoms with Crippen molar-refractivity contribution in [3.8, 4) is 21.8 Å². The minimum Gasteiger partial charge on any atom is -0.293 e. The summed E-state index contributed by atoms with van der Waals surface area (Å²) < 4.78 is 1.48. The maximum absolute atomic E-state index is 12.4. The molecule has 0 saturated heterocycles. The third-order valence-electron chi connectivity index (χ3n) is 3.51. The van der Waals surface area contributed by atoms with Crippen molar-refractivity contribution in [3.63, 3.8) is 0 Å². The second-order valence-electron chi connectivity index (χ2n) is 4.95. The first-order valence-electron chi connectivity index (χ1n) is 6.82. The highest BCUT2D eigenvalue weighted by Crippen LogP contribution is 2.27. The summed E-state index contributed by atoms with van der Waals surface area (Å²) in [6.45, 7) is 1.94. The van der Waals surface area contributed by atoms with E-state index in [9.17, 15) is 4.79 Å². The van der Waals surface area contributed by atoms with Gasteiger partial charge in [-0.2, -0.15) is 0 Å². The normalized spacial score (nSPS) is 11.1. The number of nitrogens with one attached hydrogen (secondary N) is 1. The maximum atomic E-state index is 12.4. The van der Waals surface area contributed by atoms with Crippen molar-refractivity contribution in [1.29, 1.82) is 0 Å². The lowest BCUT2D eigenvalue weighted by Gasteiger charge is -2.01. The molecule has 6 heteroatoms. The van der Waals surface area contributed by atoms with Crippen LogP contribution in [0, 0.1) is 6.92 Å². The lowest BCUT2D eigenvalue weighted by Crippen LogP contribution is -2.14. The Balaban J connectivity index is 2.06. The highest BCUT2D eigenvalue weighted by atomic mass is 32.1. The average molecular weight is 308 g/mol. The summed E-state index contributed by atoms with van der Waals surface area (Å²) >= 11 is 1.47. The molecule has 108 valence electrons. The Labute approximate surface area is 129 Å². The number of hydrogen-bond donors (Lipinski definition) is 1. The lowest BCUT2D eigenvalue weighted by atomic mass is 10.1. The van der Waals surface area contributed by atoms with E-state index in [2.05, 4.69) is 15.1 Å². The first-order chi connectivity index (χ1) is 10.7. The summed E-state index contributed by atoms with van der Waals surface area (Å²) in [5.74, 6) is 0. The molecule has 22 heavy (non-hydrogen) atoms. The second-order valence-corrected chi connectivity index (χ2v) is 5.85. The minimum absolute atomic E-state index is 0.138. The van der Waals surface area contributed by atoms with Gasteiger partial charge >= 0.3 is 0 Å². The van der Waals surface area contributed by atoms with E-state index < -0.39 is 0 Å². The van der Waals surface area contributed by atoms with Crippen LogP contribution in [0.5, 0.6) is 0 Å². The van der Waals surface area contributed by atoms with E-state index in [1.165, 1.54) is 21.9 Å². The molecule has 1 N–H and O–H groups in total. The first kappa shape index (κ1) is 13.0. The van der Waals surface area contributed by atoms with Gasteiger partial charge in [-0.15, -0.1) is 11.3 Å². The van der Waals surface area contributed by atoms with Crippen LogP contribution in [0.2, 0.25) is 0 Å². The zero-order valence-corrected chi connectivity index (χ0v) is 12.6. The molecule has 0 unspecified atom stereocenters. The summed E-state index contributed by atoms with van der Waals surface area (Å²) in [5, 5.41) is 5.71. The molecule has 0 radical (unpaired) electrons. The summed E-state index contributed by atoms with van der Waals surface area (Å²) in [5.41, 5.74) is 3.98. The van der Waals surface area contributed by atoms with E-state index in [0.717, 1.165) is 21.8 Å². The second kappa shape index (κ2) is 4.92. The fourth-order valence-corrected chi connectivity index (χ4v) is 3.16. The van der Waals surface area contributed by atoms with Crippen molar-refractivity contribution < 1.29 is 0 Å². The Hall–Kier alpha value is -2.73. The molecule has 0 bridgehead atoms. The van der Waals surface area contributed by atoms with Gasteiger partial charge in [0, 0.05) is 28.9 Å². The number of thiazole rings is 1. The number of benzene rings is 1. The number of hydrogen-bond acceptors (Lipinski definition) is 4. The number of rotatable bonds is 2. The Morgan fingerprint density at radius 1 is 1.23 bits per heavy atom. The van der Waals surface area contributed by atoms with Crippen LogP contribution in [0.3, 0.4) is 0 Å². The Morgan fingerprint density at radius 3 is 2.77 bits per heavy atom. The lowest BCUT2D eigenvalue weighted by molar-refractivity contribution is 0.882. The van der Waals surface area contributed by atoms with Gasteiger partial charge in [-0.1, -0.05) is 30.3 Å². The van der Waals surface area contributed by atoms with E-state index in [-0.39, 0.29) is 5.56 Å². The average Bonchev–Trinajstić information content (AvgIpc) is 3.15. The predicted molar refractivity (Wildman–Crippen MR) is 87.1 cm³/mol. The molecular formula is C16H12N4OS. The van der Waals surface area contributed by atoms with Gasteiger partial charge in [0.05, 0.1) is 0 Å². The molecule has 1 aromatic carbocycles. The largest absolute Gasteiger partial charge is 0.293 e.